The average Bonchev–Trinajstić information content (AvgIpc) is 3.74. The summed E-state index contributed by atoms with van der Waals surface area (Å²) in [5, 5.41) is 7.00. The summed E-state index contributed by atoms with van der Waals surface area (Å²) in [7, 11) is -2.85. The van der Waals surface area contributed by atoms with E-state index in [0.29, 0.717) is 13.0 Å². The molecule has 1 amide bonds. The zero-order valence-electron chi connectivity index (χ0n) is 24.5. The second kappa shape index (κ2) is 10.6. The summed E-state index contributed by atoms with van der Waals surface area (Å²) in [6.45, 7) is 2.73. The molecule has 0 bridgehead atoms. The predicted molar refractivity (Wildman–Crippen MR) is 164 cm³/mol. The Morgan fingerprint density at radius 3 is 2.35 bits per heavy atom. The molecule has 224 valence electrons. The Labute approximate surface area is 253 Å². The van der Waals surface area contributed by atoms with Crippen LogP contribution in [-0.4, -0.2) is 44.3 Å². The first-order valence-corrected chi connectivity index (χ1v) is 16.8. The summed E-state index contributed by atoms with van der Waals surface area (Å²) in [5.74, 6) is 0.491. The maximum Gasteiger partial charge on any atom is 0.268 e. The number of amides is 1. The molecule has 5 aliphatic rings. The van der Waals surface area contributed by atoms with Gasteiger partial charge in [0, 0.05) is 30.1 Å². The number of hydrogen-bond donors (Lipinski definition) is 1. The van der Waals surface area contributed by atoms with Crippen molar-refractivity contribution < 1.29 is 23.1 Å². The predicted octanol–water partition coefficient (Wildman–Crippen LogP) is 5.64. The molecular weight excluding hydrogens is 560 g/mol. The van der Waals surface area contributed by atoms with E-state index in [9.17, 15) is 13.2 Å². The lowest BCUT2D eigenvalue weighted by atomic mass is 9.63. The second-order valence-electron chi connectivity index (χ2n) is 12.2. The van der Waals surface area contributed by atoms with E-state index in [0.717, 1.165) is 48.9 Å². The van der Waals surface area contributed by atoms with Crippen molar-refractivity contribution in [3.8, 4) is 0 Å². The molecule has 3 aromatic carbocycles. The molecule has 8 rings (SSSR count). The minimum Gasteiger partial charge on any atom is -0.400 e. The molecule has 0 radical (unpaired) electrons. The zero-order valence-corrected chi connectivity index (χ0v) is 25.4. The van der Waals surface area contributed by atoms with Gasteiger partial charge in [0.2, 0.25) is 5.91 Å². The number of allylic oxidation sites excluding steroid dienone is 2. The molecule has 3 fully saturated rings. The van der Waals surface area contributed by atoms with Gasteiger partial charge in [0.15, 0.2) is 0 Å². The summed E-state index contributed by atoms with van der Waals surface area (Å²) in [4.78, 5) is 16.9. The van der Waals surface area contributed by atoms with E-state index >= 15 is 0 Å². The highest BCUT2D eigenvalue weighted by molar-refractivity contribution is 7.93. The SMILES string of the molecule is CC[C@@H]1[C@H]2[C@H](C[C@]34C(=CCC[C@H]23)N(S(=O)(=O)c2ccccc2)c2ccccc24)C(=O)N2[C@H](c3ccccc3)CO[C@@H]12.CO. The topological polar surface area (TPSA) is 87.2 Å². The average molecular weight is 599 g/mol. The Balaban J connectivity index is 0.00000147. The van der Waals surface area contributed by atoms with Crippen LogP contribution < -0.4 is 4.31 Å². The highest BCUT2D eigenvalue weighted by Gasteiger charge is 2.69. The largest absolute Gasteiger partial charge is 0.400 e. The van der Waals surface area contributed by atoms with Crippen molar-refractivity contribution in [2.75, 3.05) is 18.0 Å². The quantitative estimate of drug-likeness (QED) is 0.420. The molecule has 3 heterocycles. The third-order valence-electron chi connectivity index (χ3n) is 10.6. The first-order valence-electron chi connectivity index (χ1n) is 15.3. The van der Waals surface area contributed by atoms with Gasteiger partial charge in [-0.25, -0.2) is 12.7 Å². The van der Waals surface area contributed by atoms with Gasteiger partial charge in [-0.15, -0.1) is 0 Å². The number of piperidine rings is 1. The van der Waals surface area contributed by atoms with Crippen LogP contribution in [0, 0.1) is 23.7 Å². The van der Waals surface area contributed by atoms with Crippen molar-refractivity contribution in [3.63, 3.8) is 0 Å². The third-order valence-corrected chi connectivity index (χ3v) is 12.3. The lowest BCUT2D eigenvalue weighted by molar-refractivity contribution is -0.161. The Bertz CT molecular complexity index is 1660. The number of aliphatic hydroxyl groups is 1. The normalized spacial score (nSPS) is 32.1. The molecule has 43 heavy (non-hydrogen) atoms. The zero-order chi connectivity index (χ0) is 29.9. The molecule has 0 unspecified atom stereocenters. The minimum absolute atomic E-state index is 0.0929. The number of rotatable bonds is 4. The standard InChI is InChI=1S/C34H34N2O4S.CH4O/c1-2-24-31-25(32(37)35-29(21-40-33(24)35)22-12-5-3-6-13-22)20-34-26-16-9-10-18-28(26)36(30(34)19-11-17-27(31)34)41(38,39)23-14-7-4-8-15-23;1-2/h3-10,12-16,18-19,24-25,27,29,31,33H,2,11,17,20-21H2,1H3;2H,1H3/t24-,25+,27-,29+,31+,33+,34-;/m1./s1. The first kappa shape index (κ1) is 28.3. The molecule has 1 N–H and O–H groups in total. The highest BCUT2D eigenvalue weighted by atomic mass is 32.2. The number of para-hydroxylation sites is 1. The fourth-order valence-corrected chi connectivity index (χ4v) is 10.8. The number of ether oxygens (including phenoxy) is 1. The van der Waals surface area contributed by atoms with Gasteiger partial charge < -0.3 is 14.7 Å². The van der Waals surface area contributed by atoms with Crippen molar-refractivity contribution in [3.05, 3.63) is 108 Å². The van der Waals surface area contributed by atoms with Gasteiger partial charge in [-0.2, -0.15) is 0 Å². The fourth-order valence-electron chi connectivity index (χ4n) is 9.16. The van der Waals surface area contributed by atoms with E-state index in [-0.39, 0.29) is 46.7 Å². The number of anilines is 1. The molecule has 0 aromatic heterocycles. The number of benzene rings is 3. The minimum atomic E-state index is -3.85. The summed E-state index contributed by atoms with van der Waals surface area (Å²) in [6.07, 6.45) is 5.18. The van der Waals surface area contributed by atoms with E-state index in [1.54, 1.807) is 28.6 Å². The van der Waals surface area contributed by atoms with Gasteiger partial charge in [-0.05, 0) is 66.8 Å². The summed E-state index contributed by atoms with van der Waals surface area (Å²) in [6, 6.07) is 26.8. The van der Waals surface area contributed by atoms with Crippen LogP contribution in [0.2, 0.25) is 0 Å². The number of sulfonamides is 1. The van der Waals surface area contributed by atoms with E-state index in [2.05, 4.69) is 31.2 Å². The molecule has 7 atom stereocenters. The fraction of sp³-hybridized carbons (Fsp3) is 0.400. The van der Waals surface area contributed by atoms with Crippen molar-refractivity contribution >= 4 is 21.6 Å². The van der Waals surface area contributed by atoms with Crippen molar-refractivity contribution in [1.29, 1.82) is 0 Å². The maximum atomic E-state index is 14.6. The van der Waals surface area contributed by atoms with Crippen LogP contribution in [-0.2, 0) is 25.0 Å². The molecule has 7 nitrogen and oxygen atoms in total. The maximum absolute atomic E-state index is 14.6. The number of fused-ring (bicyclic) bond motifs is 4. The molecule has 3 aliphatic heterocycles. The Hall–Kier alpha value is -3.46. The molecule has 2 saturated heterocycles. The molecule has 1 spiro atoms. The van der Waals surface area contributed by atoms with Crippen LogP contribution in [0.4, 0.5) is 5.69 Å². The van der Waals surface area contributed by atoms with Crippen LogP contribution in [0.1, 0.15) is 49.8 Å². The Morgan fingerprint density at radius 1 is 0.953 bits per heavy atom. The lowest BCUT2D eigenvalue weighted by Gasteiger charge is -2.47. The number of aliphatic hydroxyl groups excluding tert-OH is 1. The summed E-state index contributed by atoms with van der Waals surface area (Å²) in [5.41, 5.74) is 3.21. The van der Waals surface area contributed by atoms with Crippen LogP contribution >= 0.6 is 0 Å². The number of nitrogens with zero attached hydrogens (tertiary/aromatic N) is 2. The van der Waals surface area contributed by atoms with Gasteiger partial charge >= 0.3 is 0 Å². The van der Waals surface area contributed by atoms with Crippen molar-refractivity contribution in [2.24, 2.45) is 23.7 Å². The van der Waals surface area contributed by atoms with Gasteiger partial charge in [0.25, 0.3) is 10.0 Å². The summed E-state index contributed by atoms with van der Waals surface area (Å²) < 4.78 is 36.7. The van der Waals surface area contributed by atoms with Crippen LogP contribution in [0.15, 0.2) is 102 Å². The number of carbonyl (C=O) groups excluding carboxylic acids is 1. The van der Waals surface area contributed by atoms with Gasteiger partial charge in [-0.3, -0.25) is 4.79 Å². The molecule has 2 aliphatic carbocycles. The number of hydrogen-bond acceptors (Lipinski definition) is 5. The van der Waals surface area contributed by atoms with Crippen molar-refractivity contribution in [1.82, 2.24) is 4.90 Å². The third kappa shape index (κ3) is 3.85. The van der Waals surface area contributed by atoms with E-state index < -0.39 is 15.4 Å². The summed E-state index contributed by atoms with van der Waals surface area (Å²) >= 11 is 0. The van der Waals surface area contributed by atoms with Crippen LogP contribution in [0.5, 0.6) is 0 Å². The monoisotopic (exact) mass is 598 g/mol. The van der Waals surface area contributed by atoms with E-state index in [4.69, 9.17) is 9.84 Å². The van der Waals surface area contributed by atoms with Gasteiger partial charge in [-0.1, -0.05) is 79.7 Å². The van der Waals surface area contributed by atoms with Gasteiger partial charge in [0.05, 0.1) is 23.2 Å². The van der Waals surface area contributed by atoms with E-state index in [1.165, 1.54) is 0 Å². The lowest BCUT2D eigenvalue weighted by Crippen LogP contribution is -2.54. The van der Waals surface area contributed by atoms with E-state index in [1.807, 2.05) is 47.4 Å². The first-order chi connectivity index (χ1) is 21.0. The molecular formula is C35H38N2O5S. The Morgan fingerprint density at radius 2 is 1.63 bits per heavy atom. The van der Waals surface area contributed by atoms with Crippen LogP contribution in [0.25, 0.3) is 0 Å². The molecule has 8 heteroatoms. The van der Waals surface area contributed by atoms with Crippen LogP contribution in [0.3, 0.4) is 0 Å². The molecule has 3 aromatic rings. The van der Waals surface area contributed by atoms with Gasteiger partial charge in [0.1, 0.15) is 6.23 Å². The van der Waals surface area contributed by atoms with Crippen molar-refractivity contribution in [2.45, 2.75) is 55.2 Å². The smallest absolute Gasteiger partial charge is 0.268 e. The Kier molecular flexibility index (Phi) is 6.99. The highest BCUT2D eigenvalue weighted by Crippen LogP contribution is 2.69. The second-order valence-corrected chi connectivity index (χ2v) is 14.0. The molecule has 1 saturated carbocycles. The number of carbonyl (C=O) groups is 1.